The molecule has 1 N–H and O–H groups in total. The van der Waals surface area contributed by atoms with Crippen LogP contribution in [0.5, 0.6) is 0 Å². The van der Waals surface area contributed by atoms with Gasteiger partial charge in [-0.3, -0.25) is 4.79 Å². The molecule has 0 aliphatic heterocycles. The van der Waals surface area contributed by atoms with Crippen molar-refractivity contribution in [1.82, 2.24) is 4.90 Å². The maximum Gasteiger partial charge on any atom is 0.230 e. The van der Waals surface area contributed by atoms with Gasteiger partial charge in [0.15, 0.2) is 0 Å². The van der Waals surface area contributed by atoms with Gasteiger partial charge in [0.25, 0.3) is 0 Å². The highest BCUT2D eigenvalue weighted by molar-refractivity contribution is 5.85. The fourth-order valence-electron chi connectivity index (χ4n) is 2.77. The number of aliphatic hydroxyl groups excluding tert-OH is 1. The lowest BCUT2D eigenvalue weighted by Crippen LogP contribution is -2.37. The molecule has 2 saturated carbocycles. The Hall–Kier alpha value is -0.570. The molecule has 0 saturated heterocycles. The van der Waals surface area contributed by atoms with Gasteiger partial charge in [-0.15, -0.1) is 0 Å². The summed E-state index contributed by atoms with van der Waals surface area (Å²) in [6.07, 6.45) is 8.29. The lowest BCUT2D eigenvalue weighted by molar-refractivity contribution is -0.137. The molecule has 2 fully saturated rings. The second-order valence-electron chi connectivity index (χ2n) is 5.60. The maximum absolute atomic E-state index is 12.0. The summed E-state index contributed by atoms with van der Waals surface area (Å²) in [5.41, 5.74) is -0.384. The highest BCUT2D eigenvalue weighted by Gasteiger charge is 2.50. The van der Waals surface area contributed by atoms with Gasteiger partial charge in [0, 0.05) is 13.6 Å². The van der Waals surface area contributed by atoms with Crippen LogP contribution in [0.1, 0.15) is 44.9 Å². The summed E-state index contributed by atoms with van der Waals surface area (Å²) in [7, 11) is 1.88. The molecule has 0 atom stereocenters. The fraction of sp³-hybridized carbons (Fsp3) is 0.923. The summed E-state index contributed by atoms with van der Waals surface area (Å²) in [6.45, 7) is 0.894. The minimum atomic E-state index is -0.384. The summed E-state index contributed by atoms with van der Waals surface area (Å²) in [6, 6.07) is 0. The summed E-state index contributed by atoms with van der Waals surface area (Å²) < 4.78 is 0. The summed E-state index contributed by atoms with van der Waals surface area (Å²) in [5.74, 6) is 0.993. The number of rotatable bonds is 5. The smallest absolute Gasteiger partial charge is 0.230 e. The fourth-order valence-corrected chi connectivity index (χ4v) is 2.77. The van der Waals surface area contributed by atoms with Gasteiger partial charge in [-0.25, -0.2) is 0 Å². The van der Waals surface area contributed by atoms with Crippen LogP contribution in [0.4, 0.5) is 0 Å². The molecule has 2 aliphatic rings. The van der Waals surface area contributed by atoms with E-state index in [1.165, 1.54) is 25.7 Å². The molecule has 0 aromatic carbocycles. The average molecular weight is 225 g/mol. The van der Waals surface area contributed by atoms with Crippen LogP contribution < -0.4 is 0 Å². The Morgan fingerprint density at radius 2 is 2.00 bits per heavy atom. The minimum Gasteiger partial charge on any atom is -0.395 e. The zero-order valence-electron chi connectivity index (χ0n) is 10.2. The number of hydrogen-bond donors (Lipinski definition) is 1. The van der Waals surface area contributed by atoms with Crippen LogP contribution in [0.3, 0.4) is 0 Å². The third kappa shape index (κ3) is 2.40. The highest BCUT2D eigenvalue weighted by atomic mass is 16.3. The first-order chi connectivity index (χ1) is 7.68. The van der Waals surface area contributed by atoms with Crippen molar-refractivity contribution in [2.75, 3.05) is 20.2 Å². The Bertz CT molecular complexity index is 255. The Morgan fingerprint density at radius 1 is 1.38 bits per heavy atom. The first-order valence-corrected chi connectivity index (χ1v) is 6.54. The average Bonchev–Trinajstić information content (AvgIpc) is 2.94. The van der Waals surface area contributed by atoms with E-state index in [-0.39, 0.29) is 17.9 Å². The zero-order valence-corrected chi connectivity index (χ0v) is 10.2. The Morgan fingerprint density at radius 3 is 2.50 bits per heavy atom. The Labute approximate surface area is 97.8 Å². The van der Waals surface area contributed by atoms with E-state index < -0.39 is 0 Å². The first kappa shape index (κ1) is 11.9. The molecule has 3 heteroatoms. The van der Waals surface area contributed by atoms with Crippen LogP contribution in [-0.2, 0) is 4.79 Å². The van der Waals surface area contributed by atoms with Gasteiger partial charge in [0.1, 0.15) is 0 Å². The van der Waals surface area contributed by atoms with Crippen molar-refractivity contribution in [1.29, 1.82) is 0 Å². The molecule has 2 rings (SSSR count). The quantitative estimate of drug-likeness (QED) is 0.775. The van der Waals surface area contributed by atoms with Gasteiger partial charge >= 0.3 is 0 Å². The minimum absolute atomic E-state index is 0.0274. The number of aliphatic hydroxyl groups is 1. The molecule has 0 spiro atoms. The van der Waals surface area contributed by atoms with E-state index >= 15 is 0 Å². The molecule has 2 aliphatic carbocycles. The van der Waals surface area contributed by atoms with E-state index in [1.54, 1.807) is 0 Å². The van der Waals surface area contributed by atoms with E-state index in [1.807, 2.05) is 11.9 Å². The van der Waals surface area contributed by atoms with Crippen LogP contribution in [-0.4, -0.2) is 36.1 Å². The number of carbonyl (C=O) groups is 1. The molecular weight excluding hydrogens is 202 g/mol. The van der Waals surface area contributed by atoms with Crippen LogP contribution in [0.25, 0.3) is 0 Å². The number of hydrogen-bond acceptors (Lipinski definition) is 2. The number of carbonyl (C=O) groups excluding carboxylic acids is 1. The lowest BCUT2D eigenvalue weighted by atomic mass is 10.0. The molecule has 0 radical (unpaired) electrons. The van der Waals surface area contributed by atoms with Gasteiger partial charge in [0.2, 0.25) is 5.91 Å². The summed E-state index contributed by atoms with van der Waals surface area (Å²) in [4.78, 5) is 13.9. The lowest BCUT2D eigenvalue weighted by Gasteiger charge is -2.23. The normalized spacial score (nSPS) is 23.4. The number of amides is 1. The van der Waals surface area contributed by atoms with E-state index in [9.17, 15) is 9.90 Å². The van der Waals surface area contributed by atoms with Gasteiger partial charge in [-0.05, 0) is 25.2 Å². The summed E-state index contributed by atoms with van der Waals surface area (Å²) >= 11 is 0. The van der Waals surface area contributed by atoms with Crippen molar-refractivity contribution in [3.8, 4) is 0 Å². The predicted molar refractivity (Wildman–Crippen MR) is 63.0 cm³/mol. The van der Waals surface area contributed by atoms with E-state index in [0.717, 1.165) is 31.7 Å². The molecule has 0 aromatic rings. The molecule has 16 heavy (non-hydrogen) atoms. The van der Waals surface area contributed by atoms with Crippen LogP contribution in [0, 0.1) is 11.3 Å². The van der Waals surface area contributed by atoms with Crippen molar-refractivity contribution in [2.24, 2.45) is 11.3 Å². The molecule has 0 unspecified atom stereocenters. The Kier molecular flexibility index (Phi) is 3.53. The van der Waals surface area contributed by atoms with E-state index in [2.05, 4.69) is 0 Å². The van der Waals surface area contributed by atoms with E-state index in [0.29, 0.717) is 0 Å². The van der Waals surface area contributed by atoms with Gasteiger partial charge < -0.3 is 10.0 Å². The van der Waals surface area contributed by atoms with Crippen LogP contribution in [0.2, 0.25) is 0 Å². The molecule has 3 nitrogen and oxygen atoms in total. The SMILES string of the molecule is CN(CCC1CCCC1)C(=O)C1(CO)CC1. The van der Waals surface area contributed by atoms with Crippen molar-refractivity contribution in [3.63, 3.8) is 0 Å². The largest absolute Gasteiger partial charge is 0.395 e. The third-order valence-corrected chi connectivity index (χ3v) is 4.30. The van der Waals surface area contributed by atoms with Crippen molar-refractivity contribution in [2.45, 2.75) is 44.9 Å². The molecular formula is C13H23NO2. The third-order valence-electron chi connectivity index (χ3n) is 4.30. The standard InChI is InChI=1S/C13H23NO2/c1-14(9-6-11-4-2-3-5-11)12(16)13(10-15)7-8-13/h11,15H,2-10H2,1H3. The van der Waals surface area contributed by atoms with Crippen molar-refractivity contribution in [3.05, 3.63) is 0 Å². The van der Waals surface area contributed by atoms with Crippen molar-refractivity contribution < 1.29 is 9.90 Å². The van der Waals surface area contributed by atoms with Gasteiger partial charge in [-0.1, -0.05) is 25.7 Å². The second-order valence-corrected chi connectivity index (χ2v) is 5.60. The molecule has 0 heterocycles. The van der Waals surface area contributed by atoms with Gasteiger partial charge in [0.05, 0.1) is 12.0 Å². The topological polar surface area (TPSA) is 40.5 Å². The second kappa shape index (κ2) is 4.74. The van der Waals surface area contributed by atoms with Crippen LogP contribution in [0.15, 0.2) is 0 Å². The van der Waals surface area contributed by atoms with Crippen molar-refractivity contribution >= 4 is 5.91 Å². The predicted octanol–water partition coefficient (Wildman–Crippen LogP) is 1.80. The molecule has 0 bridgehead atoms. The molecule has 92 valence electrons. The van der Waals surface area contributed by atoms with E-state index in [4.69, 9.17) is 0 Å². The number of nitrogens with zero attached hydrogens (tertiary/aromatic N) is 1. The first-order valence-electron chi connectivity index (χ1n) is 6.54. The molecule has 0 aromatic heterocycles. The monoisotopic (exact) mass is 225 g/mol. The Balaban J connectivity index is 1.74. The molecule has 1 amide bonds. The zero-order chi connectivity index (χ0) is 11.6. The van der Waals surface area contributed by atoms with Crippen LogP contribution >= 0.6 is 0 Å². The summed E-state index contributed by atoms with van der Waals surface area (Å²) in [5, 5.41) is 9.21. The maximum atomic E-state index is 12.0. The van der Waals surface area contributed by atoms with Gasteiger partial charge in [-0.2, -0.15) is 0 Å². The highest BCUT2D eigenvalue weighted by Crippen LogP contribution is 2.46.